The summed E-state index contributed by atoms with van der Waals surface area (Å²) in [5.74, 6) is -4.23. The number of alkyl halides is 6. The van der Waals surface area contributed by atoms with Crippen LogP contribution in [0.2, 0.25) is 10.2 Å². The number of halogens is 8. The number of aliphatic carboxylic acids is 2. The average Bonchev–Trinajstić information content (AvgIpc) is 3.58. The number of carbonyl (C=O) groups excluding carboxylic acids is 2. The topological polar surface area (TPSA) is 202 Å². The van der Waals surface area contributed by atoms with E-state index >= 15 is 0 Å². The predicted molar refractivity (Wildman–Crippen MR) is 206 cm³/mol. The molecule has 0 radical (unpaired) electrons. The van der Waals surface area contributed by atoms with Crippen LogP contribution < -0.4 is 15.8 Å². The van der Waals surface area contributed by atoms with Crippen LogP contribution >= 0.6 is 23.2 Å². The number of aromatic nitrogens is 5. The van der Waals surface area contributed by atoms with E-state index in [-0.39, 0.29) is 29.2 Å². The van der Waals surface area contributed by atoms with Crippen molar-refractivity contribution in [2.75, 3.05) is 37.6 Å². The van der Waals surface area contributed by atoms with Crippen molar-refractivity contribution in [2.45, 2.75) is 63.7 Å². The van der Waals surface area contributed by atoms with E-state index in [2.05, 4.69) is 20.4 Å². The van der Waals surface area contributed by atoms with E-state index < -0.39 is 42.9 Å². The number of benzene rings is 2. The first kappa shape index (κ1) is 47.9. The molecule has 0 saturated carbocycles. The molecule has 2 aliphatic heterocycles. The molecule has 2 aromatic heterocycles. The molecule has 4 aromatic rings. The lowest BCUT2D eigenvalue weighted by molar-refractivity contribution is -0.304. The zero-order valence-electron chi connectivity index (χ0n) is 32.0. The van der Waals surface area contributed by atoms with Crippen LogP contribution in [0.25, 0.3) is 16.9 Å². The van der Waals surface area contributed by atoms with Gasteiger partial charge in [-0.05, 0) is 48.7 Å². The van der Waals surface area contributed by atoms with Crippen LogP contribution in [0.5, 0.6) is 0 Å². The second-order valence-corrected chi connectivity index (χ2v) is 14.3. The zero-order valence-corrected chi connectivity index (χ0v) is 33.5. The summed E-state index contributed by atoms with van der Waals surface area (Å²) in [6, 6.07) is 13.8. The maximum absolute atomic E-state index is 13.8. The first-order valence-electron chi connectivity index (χ1n) is 18.2. The molecule has 330 valence electrons. The standard InChI is InChI=1S/C31H32Cl2N8O4.2C3H3F3O2/c32-21-8-9-26(41-17-28(33)36-37-41)23(14-21)24-15-29(42)40(19-35-24)25-7-2-1-3-10-34-31(45)27-16-38(18-30(43)44)11-12-39(27)22-6-4-5-20(25)13-22;1-2(7)8-3(4,5)6;4-3(5,6)1-2(7)8/h4-6,8-9,13-15,17,19,25,27H,1-3,7,10-12,16,18H2,(H,34,45)(H,43,44);1H3;1H2,(H,7,8)/t25-,27+;;/m0../s1. The third-order valence-electron chi connectivity index (χ3n) is 8.90. The number of rotatable bonds is 6. The second-order valence-electron chi connectivity index (χ2n) is 13.5. The molecule has 2 atom stereocenters. The average molecular weight is 908 g/mol. The van der Waals surface area contributed by atoms with Crippen molar-refractivity contribution in [3.8, 4) is 16.9 Å². The fourth-order valence-electron chi connectivity index (χ4n) is 6.45. The lowest BCUT2D eigenvalue weighted by Crippen LogP contribution is -2.60. The quantitative estimate of drug-likeness (QED) is 0.156. The van der Waals surface area contributed by atoms with Crippen LogP contribution in [0.3, 0.4) is 0 Å². The van der Waals surface area contributed by atoms with Crippen LogP contribution in [-0.4, -0.2) is 115 Å². The number of esters is 1. The Morgan fingerprint density at radius 1 is 0.934 bits per heavy atom. The van der Waals surface area contributed by atoms with Crippen LogP contribution in [0, 0.1) is 0 Å². The lowest BCUT2D eigenvalue weighted by atomic mass is 9.98. The van der Waals surface area contributed by atoms with Crippen molar-refractivity contribution in [1.29, 1.82) is 0 Å². The van der Waals surface area contributed by atoms with Gasteiger partial charge in [-0.3, -0.25) is 33.4 Å². The van der Waals surface area contributed by atoms with E-state index in [0.717, 1.165) is 30.5 Å². The Hall–Kier alpha value is -5.74. The summed E-state index contributed by atoms with van der Waals surface area (Å²) in [4.78, 5) is 65.8. The SMILES string of the molecule is CC(=O)OC(F)(F)F.O=C(O)CC(F)(F)F.O=C(O)CN1CCN2c3cccc(c3)[C@@H](n3cnc(-c4cc(Cl)ccc4-n4cc(Cl)nn4)cc3=O)CCCCCNC(=O)[C@H]2C1. The summed E-state index contributed by atoms with van der Waals surface area (Å²) in [5, 5.41) is 28.5. The Kier molecular flexibility index (Phi) is 16.6. The highest BCUT2D eigenvalue weighted by atomic mass is 35.5. The molecule has 0 spiro atoms. The summed E-state index contributed by atoms with van der Waals surface area (Å²) < 4.78 is 71.3. The normalized spacial score (nSPS) is 17.3. The molecule has 16 nitrogen and oxygen atoms in total. The Morgan fingerprint density at radius 3 is 2.25 bits per heavy atom. The van der Waals surface area contributed by atoms with Gasteiger partial charge in [0.15, 0.2) is 5.15 Å². The van der Waals surface area contributed by atoms with E-state index in [1.165, 1.54) is 10.7 Å². The number of hydrogen-bond acceptors (Lipinski definition) is 11. The Labute approximate surface area is 352 Å². The summed E-state index contributed by atoms with van der Waals surface area (Å²) >= 11 is 12.3. The van der Waals surface area contributed by atoms with Gasteiger partial charge in [0, 0.05) is 55.4 Å². The molecule has 0 aliphatic carbocycles. The Morgan fingerprint density at radius 2 is 1.67 bits per heavy atom. The number of anilines is 1. The number of carbonyl (C=O) groups is 4. The van der Waals surface area contributed by atoms with Gasteiger partial charge in [0.2, 0.25) is 5.91 Å². The van der Waals surface area contributed by atoms with E-state index in [0.29, 0.717) is 61.5 Å². The molecule has 61 heavy (non-hydrogen) atoms. The van der Waals surface area contributed by atoms with Gasteiger partial charge in [-0.2, -0.15) is 13.2 Å². The van der Waals surface area contributed by atoms with Crippen molar-refractivity contribution in [2.24, 2.45) is 0 Å². The fraction of sp³-hybridized carbons (Fsp3) is 0.405. The second kappa shape index (κ2) is 21.2. The van der Waals surface area contributed by atoms with Gasteiger partial charge in [0.05, 0.1) is 36.5 Å². The molecule has 2 aliphatic rings. The molecule has 1 saturated heterocycles. The number of piperazine rings is 1. The van der Waals surface area contributed by atoms with Gasteiger partial charge in [-0.15, -0.1) is 18.3 Å². The van der Waals surface area contributed by atoms with Gasteiger partial charge in [-0.25, -0.2) is 9.67 Å². The molecule has 24 heteroatoms. The fourth-order valence-corrected chi connectivity index (χ4v) is 6.75. The number of hydrogen-bond donors (Lipinski definition) is 3. The van der Waals surface area contributed by atoms with E-state index in [4.69, 9.17) is 33.3 Å². The van der Waals surface area contributed by atoms with Crippen molar-refractivity contribution in [1.82, 2.24) is 34.8 Å². The molecule has 4 heterocycles. The molecule has 6 rings (SSSR count). The number of amides is 1. The summed E-state index contributed by atoms with van der Waals surface area (Å²) in [5.41, 5.74) is 3.22. The van der Waals surface area contributed by atoms with Crippen molar-refractivity contribution in [3.05, 3.63) is 87.1 Å². The highest BCUT2D eigenvalue weighted by Gasteiger charge is 2.34. The molecule has 2 bridgehead atoms. The first-order valence-corrected chi connectivity index (χ1v) is 19.0. The largest absolute Gasteiger partial charge is 0.575 e. The van der Waals surface area contributed by atoms with Crippen LogP contribution in [-0.2, 0) is 23.9 Å². The smallest absolute Gasteiger partial charge is 0.481 e. The minimum Gasteiger partial charge on any atom is -0.481 e. The first-order chi connectivity index (χ1) is 28.6. The zero-order chi connectivity index (χ0) is 45.1. The van der Waals surface area contributed by atoms with E-state index in [1.54, 1.807) is 40.2 Å². The third kappa shape index (κ3) is 15.0. The molecule has 3 N–H and O–H groups in total. The van der Waals surface area contributed by atoms with Crippen molar-refractivity contribution < 1.29 is 60.5 Å². The number of fused-ring (bicyclic) bond motifs is 4. The van der Waals surface area contributed by atoms with Gasteiger partial charge in [-0.1, -0.05) is 53.4 Å². The maximum Gasteiger partial charge on any atom is 0.575 e. The van der Waals surface area contributed by atoms with E-state index in [1.807, 2.05) is 29.2 Å². The number of ether oxygens (including phenoxy) is 1. The third-order valence-corrected chi connectivity index (χ3v) is 9.30. The van der Waals surface area contributed by atoms with Crippen LogP contribution in [0.4, 0.5) is 32.0 Å². The summed E-state index contributed by atoms with van der Waals surface area (Å²) in [7, 11) is 0. The highest BCUT2D eigenvalue weighted by Crippen LogP contribution is 2.31. The number of carboxylic acids is 2. The molecule has 1 fully saturated rings. The minimum atomic E-state index is -4.83. The molecule has 1 amide bonds. The summed E-state index contributed by atoms with van der Waals surface area (Å²) in [6.45, 7) is 2.42. The number of carboxylic acid groups (broad SMARTS) is 2. The monoisotopic (exact) mass is 906 g/mol. The van der Waals surface area contributed by atoms with Crippen LogP contribution in [0.15, 0.2) is 65.8 Å². The lowest BCUT2D eigenvalue weighted by Gasteiger charge is -2.41. The maximum atomic E-state index is 13.8. The Bertz CT molecular complexity index is 2210. The van der Waals surface area contributed by atoms with E-state index in [9.17, 15) is 55.4 Å². The summed E-state index contributed by atoms with van der Waals surface area (Å²) in [6.07, 6.45) is -4.83. The Balaban J connectivity index is 0.000000434. The van der Waals surface area contributed by atoms with Gasteiger partial charge in [0.25, 0.3) is 5.56 Å². The van der Waals surface area contributed by atoms with Gasteiger partial charge >= 0.3 is 30.4 Å². The van der Waals surface area contributed by atoms with Crippen molar-refractivity contribution in [3.63, 3.8) is 0 Å². The molecular weight excluding hydrogens is 869 g/mol. The number of nitrogens with one attached hydrogen (secondary N) is 1. The molecule has 2 aromatic carbocycles. The van der Waals surface area contributed by atoms with Crippen molar-refractivity contribution >= 4 is 52.7 Å². The molecular formula is C37H38Cl2F6N8O8. The van der Waals surface area contributed by atoms with Gasteiger partial charge < -0.3 is 25.2 Å². The predicted octanol–water partition coefficient (Wildman–Crippen LogP) is 5.75. The minimum absolute atomic E-state index is 0.115. The van der Waals surface area contributed by atoms with Crippen LogP contribution in [0.1, 0.15) is 50.6 Å². The number of nitrogens with zero attached hydrogens (tertiary/aromatic N) is 7. The highest BCUT2D eigenvalue weighted by molar-refractivity contribution is 6.31. The van der Waals surface area contributed by atoms with Gasteiger partial charge in [0.1, 0.15) is 12.5 Å². The molecule has 0 unspecified atom stereocenters.